The second kappa shape index (κ2) is 10.2. The Kier molecular flexibility index (Phi) is 7.44. The number of rotatable bonds is 6. The number of halogens is 1. The van der Waals surface area contributed by atoms with Crippen molar-refractivity contribution in [1.82, 2.24) is 15.6 Å². The molecule has 3 rings (SSSR count). The van der Waals surface area contributed by atoms with E-state index >= 15 is 0 Å². The third-order valence-corrected chi connectivity index (χ3v) is 5.78. The molecule has 1 atom stereocenters. The molecular formula is C23H31FN6O. The van der Waals surface area contributed by atoms with Gasteiger partial charge < -0.3 is 21.3 Å². The molecule has 0 spiro atoms. The Hall–Kier alpha value is -3.16. The highest BCUT2D eigenvalue weighted by Crippen LogP contribution is 2.24. The predicted molar refractivity (Wildman–Crippen MR) is 121 cm³/mol. The number of aliphatic imine (C=N–C) groups is 1. The first-order chi connectivity index (χ1) is 14.9. The molecule has 1 amide bonds. The van der Waals surface area contributed by atoms with Gasteiger partial charge in [0.1, 0.15) is 11.6 Å². The lowest BCUT2D eigenvalue weighted by atomic mass is 9.96. The summed E-state index contributed by atoms with van der Waals surface area (Å²) >= 11 is 0. The lowest BCUT2D eigenvalue weighted by molar-refractivity contribution is -0.122. The van der Waals surface area contributed by atoms with Gasteiger partial charge in [-0.1, -0.05) is 18.2 Å². The number of pyridine rings is 1. The molecule has 1 saturated heterocycles. The van der Waals surface area contributed by atoms with Crippen molar-refractivity contribution < 1.29 is 9.18 Å². The number of aromatic nitrogens is 1. The summed E-state index contributed by atoms with van der Waals surface area (Å²) in [5, 5.41) is 6.63. The number of guanidine groups is 1. The molecule has 1 unspecified atom stereocenters. The highest BCUT2D eigenvalue weighted by molar-refractivity contribution is 5.80. The van der Waals surface area contributed by atoms with Crippen LogP contribution in [-0.2, 0) is 11.3 Å². The van der Waals surface area contributed by atoms with E-state index in [1.54, 1.807) is 32.3 Å². The number of benzene rings is 1. The van der Waals surface area contributed by atoms with Crippen molar-refractivity contribution >= 4 is 17.7 Å². The number of primary amides is 1. The van der Waals surface area contributed by atoms with Crippen molar-refractivity contribution in [2.75, 3.05) is 25.0 Å². The smallest absolute Gasteiger partial charge is 0.220 e. The number of aryl methyl sites for hydroxylation is 1. The number of anilines is 1. The Morgan fingerprint density at radius 1 is 1.35 bits per heavy atom. The van der Waals surface area contributed by atoms with Gasteiger partial charge in [0.15, 0.2) is 5.96 Å². The number of nitrogens with two attached hydrogens (primary N) is 1. The highest BCUT2D eigenvalue weighted by atomic mass is 19.1. The molecule has 0 radical (unpaired) electrons. The van der Waals surface area contributed by atoms with Crippen LogP contribution in [0.15, 0.2) is 41.5 Å². The van der Waals surface area contributed by atoms with E-state index in [1.165, 1.54) is 0 Å². The van der Waals surface area contributed by atoms with Crippen LogP contribution < -0.4 is 21.3 Å². The van der Waals surface area contributed by atoms with Crippen LogP contribution in [0.3, 0.4) is 0 Å². The molecule has 2 heterocycles. The Labute approximate surface area is 183 Å². The van der Waals surface area contributed by atoms with Crippen LogP contribution in [0.2, 0.25) is 0 Å². The summed E-state index contributed by atoms with van der Waals surface area (Å²) in [6.45, 7) is 5.75. The molecule has 8 heteroatoms. The summed E-state index contributed by atoms with van der Waals surface area (Å²) in [4.78, 5) is 22.5. The average molecular weight is 427 g/mol. The van der Waals surface area contributed by atoms with Crippen LogP contribution in [-0.4, -0.2) is 37.0 Å². The second-order valence-electron chi connectivity index (χ2n) is 7.95. The molecule has 1 aliphatic heterocycles. The van der Waals surface area contributed by atoms with Crippen molar-refractivity contribution in [3.63, 3.8) is 0 Å². The number of hydrogen-bond acceptors (Lipinski definition) is 4. The minimum atomic E-state index is -0.222. The zero-order valence-corrected chi connectivity index (χ0v) is 18.4. The molecule has 1 aliphatic rings. The maximum absolute atomic E-state index is 13.9. The summed E-state index contributed by atoms with van der Waals surface area (Å²) in [5.74, 6) is 1.03. The Bertz CT molecular complexity index is 939. The minimum absolute atomic E-state index is 0.0577. The Morgan fingerprint density at radius 2 is 2.10 bits per heavy atom. The first-order valence-corrected chi connectivity index (χ1v) is 10.6. The normalized spacial score (nSPS) is 16.1. The zero-order valence-electron chi connectivity index (χ0n) is 18.4. The summed E-state index contributed by atoms with van der Waals surface area (Å²) in [6, 6.07) is 9.07. The number of carbonyl (C=O) groups excluding carboxylic acids is 1. The fourth-order valence-corrected chi connectivity index (χ4v) is 3.77. The van der Waals surface area contributed by atoms with Crippen LogP contribution in [0.1, 0.15) is 42.5 Å². The summed E-state index contributed by atoms with van der Waals surface area (Å²) in [6.07, 6.45) is 3.26. The minimum Gasteiger partial charge on any atom is -0.369 e. The maximum Gasteiger partial charge on any atom is 0.220 e. The Morgan fingerprint density at radius 3 is 2.74 bits per heavy atom. The van der Waals surface area contributed by atoms with Crippen molar-refractivity contribution in [2.24, 2.45) is 16.6 Å². The van der Waals surface area contributed by atoms with Crippen LogP contribution in [0.5, 0.6) is 0 Å². The molecule has 1 aromatic carbocycles. The van der Waals surface area contributed by atoms with Gasteiger partial charge in [-0.05, 0) is 49.9 Å². The third kappa shape index (κ3) is 5.71. The van der Waals surface area contributed by atoms with Gasteiger partial charge in [0, 0.05) is 44.4 Å². The first-order valence-electron chi connectivity index (χ1n) is 10.6. The quantitative estimate of drug-likeness (QED) is 0.488. The van der Waals surface area contributed by atoms with Crippen LogP contribution in [0.25, 0.3) is 0 Å². The molecule has 2 aromatic rings. The van der Waals surface area contributed by atoms with E-state index in [0.717, 1.165) is 42.9 Å². The highest BCUT2D eigenvalue weighted by Gasteiger charge is 2.25. The van der Waals surface area contributed by atoms with Crippen LogP contribution >= 0.6 is 0 Å². The summed E-state index contributed by atoms with van der Waals surface area (Å²) in [5.41, 5.74) is 7.97. The van der Waals surface area contributed by atoms with Gasteiger partial charge in [-0.3, -0.25) is 9.79 Å². The molecule has 4 N–H and O–H groups in total. The molecule has 166 valence electrons. The number of nitrogens with zero attached hydrogens (tertiary/aromatic N) is 3. The van der Waals surface area contributed by atoms with Gasteiger partial charge in [0.05, 0.1) is 6.04 Å². The third-order valence-electron chi connectivity index (χ3n) is 5.78. The van der Waals surface area contributed by atoms with Crippen molar-refractivity contribution in [2.45, 2.75) is 39.3 Å². The molecular weight excluding hydrogens is 395 g/mol. The fourth-order valence-electron chi connectivity index (χ4n) is 3.77. The van der Waals surface area contributed by atoms with Crippen molar-refractivity contribution in [3.05, 3.63) is 59.0 Å². The van der Waals surface area contributed by atoms with E-state index in [2.05, 4.69) is 25.5 Å². The van der Waals surface area contributed by atoms with E-state index in [0.29, 0.717) is 18.1 Å². The molecule has 0 saturated carbocycles. The lowest BCUT2D eigenvalue weighted by Crippen LogP contribution is -2.40. The van der Waals surface area contributed by atoms with Gasteiger partial charge in [0.25, 0.3) is 0 Å². The number of piperidine rings is 1. The first kappa shape index (κ1) is 22.5. The monoisotopic (exact) mass is 426 g/mol. The molecule has 31 heavy (non-hydrogen) atoms. The van der Waals surface area contributed by atoms with E-state index in [1.807, 2.05) is 25.1 Å². The predicted octanol–water partition coefficient (Wildman–Crippen LogP) is 2.66. The summed E-state index contributed by atoms with van der Waals surface area (Å²) in [7, 11) is 1.70. The van der Waals surface area contributed by atoms with E-state index in [-0.39, 0.29) is 23.7 Å². The standard InChI is InChI=1S/C23H31FN6O/c1-15-6-7-18(13-20(15)24)16(2)29-23(26-3)28-14-19-5-4-10-27-22(19)30-11-8-17(9-12-30)21(25)31/h4-7,10,13,16-17H,8-9,11-12,14H2,1-3H3,(H2,25,31)(H2,26,28,29). The fraction of sp³-hybridized carbons (Fsp3) is 0.435. The van der Waals surface area contributed by atoms with Crippen molar-refractivity contribution in [1.29, 1.82) is 0 Å². The number of hydrogen-bond donors (Lipinski definition) is 3. The molecule has 0 bridgehead atoms. The van der Waals surface area contributed by atoms with Crippen LogP contribution in [0.4, 0.5) is 10.2 Å². The van der Waals surface area contributed by atoms with Gasteiger partial charge in [-0.15, -0.1) is 0 Å². The van der Waals surface area contributed by atoms with Crippen LogP contribution in [0, 0.1) is 18.7 Å². The molecule has 1 aromatic heterocycles. The Balaban J connectivity index is 1.62. The maximum atomic E-state index is 13.9. The van der Waals surface area contributed by atoms with E-state index in [9.17, 15) is 9.18 Å². The second-order valence-corrected chi connectivity index (χ2v) is 7.95. The molecule has 1 fully saturated rings. The zero-order chi connectivity index (χ0) is 22.4. The van der Waals surface area contributed by atoms with E-state index < -0.39 is 0 Å². The average Bonchev–Trinajstić information content (AvgIpc) is 2.78. The lowest BCUT2D eigenvalue weighted by Gasteiger charge is -2.32. The van der Waals surface area contributed by atoms with Gasteiger partial charge >= 0.3 is 0 Å². The van der Waals surface area contributed by atoms with Gasteiger partial charge in [-0.25, -0.2) is 9.37 Å². The molecule has 0 aliphatic carbocycles. The van der Waals surface area contributed by atoms with Gasteiger partial charge in [-0.2, -0.15) is 0 Å². The van der Waals surface area contributed by atoms with Crippen molar-refractivity contribution in [3.8, 4) is 0 Å². The molecule has 7 nitrogen and oxygen atoms in total. The van der Waals surface area contributed by atoms with Gasteiger partial charge in [0.2, 0.25) is 5.91 Å². The SMILES string of the molecule is CN=C(NCc1cccnc1N1CCC(C(N)=O)CC1)NC(C)c1ccc(C)c(F)c1. The van der Waals surface area contributed by atoms with E-state index in [4.69, 9.17) is 5.73 Å². The largest absolute Gasteiger partial charge is 0.369 e. The number of nitrogens with one attached hydrogen (secondary N) is 2. The summed E-state index contributed by atoms with van der Waals surface area (Å²) < 4.78 is 13.9. The topological polar surface area (TPSA) is 95.6 Å². The number of carbonyl (C=O) groups is 1. The number of amides is 1.